The summed E-state index contributed by atoms with van der Waals surface area (Å²) < 4.78 is 21.5. The molecule has 3 aromatic rings. The third-order valence-corrected chi connectivity index (χ3v) is 5.83. The number of amides is 1. The van der Waals surface area contributed by atoms with Crippen molar-refractivity contribution in [3.8, 4) is 0 Å². The van der Waals surface area contributed by atoms with E-state index in [1.807, 2.05) is 23.5 Å². The third-order valence-electron chi connectivity index (χ3n) is 5.18. The fourth-order valence-corrected chi connectivity index (χ4v) is 3.78. The van der Waals surface area contributed by atoms with E-state index in [9.17, 15) is 9.18 Å². The molecule has 1 saturated heterocycles. The summed E-state index contributed by atoms with van der Waals surface area (Å²) in [4.78, 5) is 17.3. The maximum Gasteiger partial charge on any atom is 0.269 e. The summed E-state index contributed by atoms with van der Waals surface area (Å²) in [5, 5.41) is 6.17. The second-order valence-electron chi connectivity index (χ2n) is 7.21. The van der Waals surface area contributed by atoms with E-state index in [2.05, 4.69) is 31.5 Å². The van der Waals surface area contributed by atoms with E-state index >= 15 is 0 Å². The molecule has 0 atom stereocenters. The SMILES string of the molecule is Cc1ccc2c(Nc3ccc(Br)c(F)c3)ncc(C(=O)NCC3CCOCC3)n12.Cl. The predicted octanol–water partition coefficient (Wildman–Crippen LogP) is 4.87. The van der Waals surface area contributed by atoms with Gasteiger partial charge in [0, 0.05) is 31.1 Å². The maximum atomic E-state index is 13.8. The minimum Gasteiger partial charge on any atom is -0.381 e. The van der Waals surface area contributed by atoms with Gasteiger partial charge in [-0.25, -0.2) is 9.37 Å². The van der Waals surface area contributed by atoms with Crippen LogP contribution in [0.3, 0.4) is 0 Å². The Morgan fingerprint density at radius 2 is 2.07 bits per heavy atom. The molecule has 1 aromatic carbocycles. The monoisotopic (exact) mass is 496 g/mol. The molecule has 0 radical (unpaired) electrons. The van der Waals surface area contributed by atoms with Crippen LogP contribution in [0.4, 0.5) is 15.9 Å². The van der Waals surface area contributed by atoms with Crippen LogP contribution in [0.1, 0.15) is 29.0 Å². The predicted molar refractivity (Wildman–Crippen MR) is 120 cm³/mol. The lowest BCUT2D eigenvalue weighted by Gasteiger charge is -2.22. The molecule has 0 saturated carbocycles. The Morgan fingerprint density at radius 1 is 1.30 bits per heavy atom. The lowest BCUT2D eigenvalue weighted by atomic mass is 10.0. The molecule has 0 spiro atoms. The zero-order valence-electron chi connectivity index (χ0n) is 16.5. The molecule has 1 fully saturated rings. The Kier molecular flexibility index (Phi) is 7.33. The Labute approximate surface area is 188 Å². The lowest BCUT2D eigenvalue weighted by Crippen LogP contribution is -2.33. The molecule has 1 amide bonds. The van der Waals surface area contributed by atoms with Gasteiger partial charge in [0.05, 0.1) is 16.2 Å². The highest BCUT2D eigenvalue weighted by Crippen LogP contribution is 2.26. The van der Waals surface area contributed by atoms with E-state index in [1.165, 1.54) is 6.07 Å². The molecule has 6 nitrogen and oxygen atoms in total. The van der Waals surface area contributed by atoms with Crippen LogP contribution in [-0.2, 0) is 4.74 Å². The van der Waals surface area contributed by atoms with Crippen LogP contribution >= 0.6 is 28.3 Å². The normalized spacial score (nSPS) is 14.4. The first kappa shape index (κ1) is 22.5. The highest BCUT2D eigenvalue weighted by Gasteiger charge is 2.19. The first-order valence-corrected chi connectivity index (χ1v) is 10.4. The van der Waals surface area contributed by atoms with Crippen LogP contribution in [-0.4, -0.2) is 35.1 Å². The number of carbonyl (C=O) groups is 1. The zero-order valence-corrected chi connectivity index (χ0v) is 18.9. The van der Waals surface area contributed by atoms with E-state index in [0.29, 0.717) is 34.1 Å². The number of benzene rings is 1. The molecular weight excluding hydrogens is 475 g/mol. The number of hydrogen-bond donors (Lipinski definition) is 2. The van der Waals surface area contributed by atoms with E-state index < -0.39 is 0 Å². The summed E-state index contributed by atoms with van der Waals surface area (Å²) in [6.45, 7) is 4.06. The molecule has 2 N–H and O–H groups in total. The summed E-state index contributed by atoms with van der Waals surface area (Å²) in [6, 6.07) is 8.62. The number of nitrogens with one attached hydrogen (secondary N) is 2. The quantitative estimate of drug-likeness (QED) is 0.528. The Bertz CT molecular complexity index is 1050. The third kappa shape index (κ3) is 4.77. The molecule has 9 heteroatoms. The molecular formula is C21H23BrClFN4O2. The lowest BCUT2D eigenvalue weighted by molar-refractivity contribution is 0.0642. The van der Waals surface area contributed by atoms with Gasteiger partial charge in [0.25, 0.3) is 5.91 Å². The van der Waals surface area contributed by atoms with Crippen molar-refractivity contribution in [2.45, 2.75) is 19.8 Å². The van der Waals surface area contributed by atoms with Gasteiger partial charge in [-0.05, 0) is 71.9 Å². The topological polar surface area (TPSA) is 67.7 Å². The standard InChI is InChI=1S/C21H22BrFN4O2.ClH/c1-13-2-5-18-20(26-15-3-4-16(22)17(23)10-15)24-12-19(27(13)18)21(28)25-11-14-6-8-29-9-7-14;/h2-5,10,12,14H,6-9,11H2,1H3,(H,24,26)(H,25,28);1H. The van der Waals surface area contributed by atoms with Crippen molar-refractivity contribution in [1.82, 2.24) is 14.7 Å². The van der Waals surface area contributed by atoms with E-state index in [-0.39, 0.29) is 24.1 Å². The summed E-state index contributed by atoms with van der Waals surface area (Å²) in [6.07, 6.45) is 3.48. The van der Waals surface area contributed by atoms with Gasteiger partial charge in [-0.3, -0.25) is 4.79 Å². The summed E-state index contributed by atoms with van der Waals surface area (Å²) in [5.41, 5.74) is 2.73. The van der Waals surface area contributed by atoms with Gasteiger partial charge in [-0.2, -0.15) is 0 Å². The number of aromatic nitrogens is 2. The van der Waals surface area contributed by atoms with Crippen LogP contribution in [0.15, 0.2) is 41.0 Å². The molecule has 2 aromatic heterocycles. The van der Waals surface area contributed by atoms with Crippen LogP contribution < -0.4 is 10.6 Å². The van der Waals surface area contributed by atoms with Crippen molar-refractivity contribution in [1.29, 1.82) is 0 Å². The van der Waals surface area contributed by atoms with Crippen LogP contribution in [0.5, 0.6) is 0 Å². The largest absolute Gasteiger partial charge is 0.381 e. The van der Waals surface area contributed by atoms with Crippen molar-refractivity contribution < 1.29 is 13.9 Å². The Morgan fingerprint density at radius 3 is 2.80 bits per heavy atom. The number of aryl methyl sites for hydroxylation is 1. The summed E-state index contributed by atoms with van der Waals surface area (Å²) >= 11 is 3.15. The second-order valence-corrected chi connectivity index (χ2v) is 8.06. The number of ether oxygens (including phenoxy) is 1. The average molecular weight is 498 g/mol. The van der Waals surface area contributed by atoms with Gasteiger partial charge < -0.3 is 19.8 Å². The van der Waals surface area contributed by atoms with Crippen molar-refractivity contribution in [2.24, 2.45) is 5.92 Å². The number of carbonyl (C=O) groups excluding carboxylic acids is 1. The van der Waals surface area contributed by atoms with Crippen LogP contribution in [0, 0.1) is 18.7 Å². The number of hydrogen-bond acceptors (Lipinski definition) is 4. The molecule has 1 aliphatic rings. The molecule has 160 valence electrons. The Hall–Kier alpha value is -2.16. The second kappa shape index (κ2) is 9.76. The molecule has 0 unspecified atom stereocenters. The van der Waals surface area contributed by atoms with E-state index in [1.54, 1.807) is 18.3 Å². The maximum absolute atomic E-state index is 13.8. The van der Waals surface area contributed by atoms with E-state index in [0.717, 1.165) is 37.3 Å². The van der Waals surface area contributed by atoms with Gasteiger partial charge in [0.15, 0.2) is 5.82 Å². The molecule has 0 aliphatic carbocycles. The first-order valence-electron chi connectivity index (χ1n) is 9.58. The van der Waals surface area contributed by atoms with Gasteiger partial charge in [0.2, 0.25) is 0 Å². The highest BCUT2D eigenvalue weighted by atomic mass is 79.9. The smallest absolute Gasteiger partial charge is 0.269 e. The minimum absolute atomic E-state index is 0. The Balaban J connectivity index is 0.00000256. The van der Waals surface area contributed by atoms with Gasteiger partial charge in [0.1, 0.15) is 11.5 Å². The van der Waals surface area contributed by atoms with Crippen molar-refractivity contribution in [2.75, 3.05) is 25.1 Å². The molecule has 1 aliphatic heterocycles. The fraction of sp³-hybridized carbons (Fsp3) is 0.333. The summed E-state index contributed by atoms with van der Waals surface area (Å²) in [7, 11) is 0. The number of halogens is 3. The van der Waals surface area contributed by atoms with Gasteiger partial charge in [-0.15, -0.1) is 12.4 Å². The zero-order chi connectivity index (χ0) is 20.4. The average Bonchev–Trinajstić information content (AvgIpc) is 3.12. The van der Waals surface area contributed by atoms with Crippen molar-refractivity contribution in [3.05, 3.63) is 58.2 Å². The first-order chi connectivity index (χ1) is 14.0. The van der Waals surface area contributed by atoms with Gasteiger partial charge in [-0.1, -0.05) is 0 Å². The van der Waals surface area contributed by atoms with Crippen LogP contribution in [0.25, 0.3) is 5.52 Å². The van der Waals surface area contributed by atoms with Crippen molar-refractivity contribution in [3.63, 3.8) is 0 Å². The molecule has 4 rings (SSSR count). The molecule has 30 heavy (non-hydrogen) atoms. The molecule has 0 bridgehead atoms. The number of nitrogens with zero attached hydrogens (tertiary/aromatic N) is 2. The fourth-order valence-electron chi connectivity index (χ4n) is 3.54. The number of rotatable bonds is 5. The minimum atomic E-state index is -0.360. The van der Waals surface area contributed by atoms with Gasteiger partial charge >= 0.3 is 0 Å². The van der Waals surface area contributed by atoms with Crippen molar-refractivity contribution >= 4 is 51.3 Å². The molecule has 3 heterocycles. The number of fused-ring (bicyclic) bond motifs is 1. The highest BCUT2D eigenvalue weighted by molar-refractivity contribution is 9.10. The number of anilines is 2. The van der Waals surface area contributed by atoms with Crippen LogP contribution in [0.2, 0.25) is 0 Å². The van der Waals surface area contributed by atoms with E-state index in [4.69, 9.17) is 4.74 Å². The summed E-state index contributed by atoms with van der Waals surface area (Å²) in [5.74, 6) is 0.479.